The van der Waals surface area contributed by atoms with Crippen molar-refractivity contribution in [1.82, 2.24) is 15.3 Å². The molecular weight excluding hydrogens is 406 g/mol. The molecule has 1 atom stereocenters. The number of aryl methyl sites for hydroxylation is 1. The third-order valence-corrected chi connectivity index (χ3v) is 6.05. The quantitative estimate of drug-likeness (QED) is 0.346. The van der Waals surface area contributed by atoms with Crippen LogP contribution in [0, 0.1) is 12.8 Å². The van der Waals surface area contributed by atoms with Crippen LogP contribution in [0.1, 0.15) is 76.6 Å². The van der Waals surface area contributed by atoms with Gasteiger partial charge in [0.25, 0.3) is 0 Å². The van der Waals surface area contributed by atoms with E-state index in [1.54, 1.807) is 7.05 Å². The lowest BCUT2D eigenvalue weighted by Crippen LogP contribution is -2.34. The highest BCUT2D eigenvalue weighted by atomic mass is 16.5. The van der Waals surface area contributed by atoms with E-state index in [2.05, 4.69) is 24.1 Å². The number of rotatable bonds is 11. The Balaban J connectivity index is 2.02. The molecule has 0 spiro atoms. The van der Waals surface area contributed by atoms with Gasteiger partial charge in [0.15, 0.2) is 0 Å². The molecule has 0 radical (unpaired) electrons. The topological polar surface area (TPSA) is 116 Å². The first-order chi connectivity index (χ1) is 15.3. The lowest BCUT2D eigenvalue weighted by Gasteiger charge is -2.24. The van der Waals surface area contributed by atoms with Crippen molar-refractivity contribution in [3.63, 3.8) is 0 Å². The average Bonchev–Trinajstić information content (AvgIpc) is 2.78. The van der Waals surface area contributed by atoms with Crippen molar-refractivity contribution in [2.45, 2.75) is 78.2 Å². The number of nitrogens with zero attached hydrogens (tertiary/aromatic N) is 2. The summed E-state index contributed by atoms with van der Waals surface area (Å²) in [5, 5.41) is 4.19. The van der Waals surface area contributed by atoms with E-state index in [0.717, 1.165) is 43.5 Å². The SMILES string of the molecule is CCCC(CC)CNC(=O)OC/C(=C(/N)c1ccc(OC2CCCCC2)c(C)n1)N(C)N. The number of carbonyl (C=O) groups is 1. The number of alkyl carbamates (subject to hydrolysis) is 1. The van der Waals surface area contributed by atoms with Crippen LogP contribution >= 0.6 is 0 Å². The summed E-state index contributed by atoms with van der Waals surface area (Å²) in [6.45, 7) is 6.72. The minimum absolute atomic E-state index is 0.0453. The van der Waals surface area contributed by atoms with Gasteiger partial charge in [-0.25, -0.2) is 15.6 Å². The van der Waals surface area contributed by atoms with Crippen molar-refractivity contribution in [1.29, 1.82) is 0 Å². The first kappa shape index (κ1) is 25.8. The molecule has 180 valence electrons. The summed E-state index contributed by atoms with van der Waals surface area (Å²) >= 11 is 0. The molecule has 1 heterocycles. The Morgan fingerprint density at radius 3 is 2.59 bits per heavy atom. The minimum Gasteiger partial charge on any atom is -0.489 e. The van der Waals surface area contributed by atoms with Crippen molar-refractivity contribution < 1.29 is 14.3 Å². The predicted octanol–water partition coefficient (Wildman–Crippen LogP) is 4.09. The van der Waals surface area contributed by atoms with E-state index in [4.69, 9.17) is 21.1 Å². The fourth-order valence-electron chi connectivity index (χ4n) is 3.97. The molecule has 1 fully saturated rings. The number of nitrogens with two attached hydrogens (primary N) is 2. The lowest BCUT2D eigenvalue weighted by molar-refractivity contribution is 0.145. The van der Waals surface area contributed by atoms with Crippen LogP contribution in [0.3, 0.4) is 0 Å². The normalized spacial score (nSPS) is 16.2. The summed E-state index contributed by atoms with van der Waals surface area (Å²) in [4.78, 5) is 16.8. The number of amides is 1. The highest BCUT2D eigenvalue weighted by Gasteiger charge is 2.18. The monoisotopic (exact) mass is 447 g/mol. The third kappa shape index (κ3) is 7.89. The molecule has 1 aromatic rings. The summed E-state index contributed by atoms with van der Waals surface area (Å²) in [6.07, 6.45) is 8.83. The smallest absolute Gasteiger partial charge is 0.407 e. The number of ether oxygens (including phenoxy) is 2. The standard InChI is InChI=1S/C24H41N5O3/c1-5-10-18(6-2)15-27-24(30)31-16-21(29(4)26)23(25)20-13-14-22(17(3)28-20)32-19-11-8-7-9-12-19/h13-14,18-19H,5-12,15-16,25-26H2,1-4H3,(H,27,30)/b23-21-. The van der Waals surface area contributed by atoms with Crippen LogP contribution in [0.15, 0.2) is 17.8 Å². The summed E-state index contributed by atoms with van der Waals surface area (Å²) < 4.78 is 11.5. The molecule has 8 heteroatoms. The maximum absolute atomic E-state index is 12.2. The number of aromatic nitrogens is 1. The van der Waals surface area contributed by atoms with Crippen molar-refractivity contribution in [2.75, 3.05) is 20.2 Å². The predicted molar refractivity (Wildman–Crippen MR) is 128 cm³/mol. The number of pyridine rings is 1. The minimum atomic E-state index is -0.480. The summed E-state index contributed by atoms with van der Waals surface area (Å²) in [5.41, 5.74) is 8.55. The van der Waals surface area contributed by atoms with Crippen LogP contribution in [-0.4, -0.2) is 42.4 Å². The molecule has 0 bridgehead atoms. The first-order valence-electron chi connectivity index (χ1n) is 11.9. The lowest BCUT2D eigenvalue weighted by atomic mass is 9.98. The number of hydrogen-bond acceptors (Lipinski definition) is 7. The summed E-state index contributed by atoms with van der Waals surface area (Å²) in [6, 6.07) is 3.72. The van der Waals surface area contributed by atoms with E-state index < -0.39 is 6.09 Å². The fourth-order valence-corrected chi connectivity index (χ4v) is 3.97. The zero-order valence-electron chi connectivity index (χ0n) is 20.2. The molecule has 1 amide bonds. The van der Waals surface area contributed by atoms with Gasteiger partial charge in [0.05, 0.1) is 28.9 Å². The van der Waals surface area contributed by atoms with Gasteiger partial charge in [0.2, 0.25) is 0 Å². The van der Waals surface area contributed by atoms with Gasteiger partial charge in [0.1, 0.15) is 12.4 Å². The molecule has 1 aliphatic carbocycles. The van der Waals surface area contributed by atoms with E-state index in [-0.39, 0.29) is 12.7 Å². The van der Waals surface area contributed by atoms with Crippen LogP contribution in [0.4, 0.5) is 4.79 Å². The Morgan fingerprint density at radius 2 is 2.00 bits per heavy atom. The van der Waals surface area contributed by atoms with E-state index in [9.17, 15) is 4.79 Å². The summed E-state index contributed by atoms with van der Waals surface area (Å²) in [5.74, 6) is 7.20. The Morgan fingerprint density at radius 1 is 1.28 bits per heavy atom. The highest BCUT2D eigenvalue weighted by molar-refractivity contribution is 5.68. The first-order valence-corrected chi connectivity index (χ1v) is 11.9. The Hall–Kier alpha value is -2.48. The zero-order valence-corrected chi connectivity index (χ0v) is 20.2. The van der Waals surface area contributed by atoms with Crippen LogP contribution in [-0.2, 0) is 4.74 Å². The van der Waals surface area contributed by atoms with Gasteiger partial charge < -0.3 is 25.5 Å². The van der Waals surface area contributed by atoms with E-state index in [1.807, 2.05) is 19.1 Å². The van der Waals surface area contributed by atoms with E-state index in [1.165, 1.54) is 24.3 Å². The largest absolute Gasteiger partial charge is 0.489 e. The maximum atomic E-state index is 12.2. The third-order valence-electron chi connectivity index (χ3n) is 6.05. The second kappa shape index (κ2) is 13.2. The van der Waals surface area contributed by atoms with Gasteiger partial charge in [-0.2, -0.15) is 0 Å². The maximum Gasteiger partial charge on any atom is 0.407 e. The molecule has 2 rings (SSSR count). The number of hydrogen-bond donors (Lipinski definition) is 3. The van der Waals surface area contributed by atoms with Crippen LogP contribution in [0.25, 0.3) is 5.70 Å². The molecule has 8 nitrogen and oxygen atoms in total. The van der Waals surface area contributed by atoms with Gasteiger partial charge in [-0.1, -0.05) is 33.1 Å². The van der Waals surface area contributed by atoms with Gasteiger partial charge >= 0.3 is 6.09 Å². The number of nitrogens with one attached hydrogen (secondary N) is 1. The Kier molecular flexibility index (Phi) is 10.6. The molecule has 1 aliphatic rings. The van der Waals surface area contributed by atoms with Gasteiger partial charge in [-0.05, 0) is 57.1 Å². The Bertz CT molecular complexity index is 760. The van der Waals surface area contributed by atoms with Gasteiger partial charge in [-0.3, -0.25) is 0 Å². The molecule has 32 heavy (non-hydrogen) atoms. The summed E-state index contributed by atoms with van der Waals surface area (Å²) in [7, 11) is 1.66. The highest BCUT2D eigenvalue weighted by Crippen LogP contribution is 2.26. The molecule has 0 aromatic carbocycles. The van der Waals surface area contributed by atoms with Crippen LogP contribution < -0.4 is 21.6 Å². The molecular formula is C24H41N5O3. The second-order valence-corrected chi connectivity index (χ2v) is 8.65. The second-order valence-electron chi connectivity index (χ2n) is 8.65. The number of carbonyl (C=O) groups excluding carboxylic acids is 1. The van der Waals surface area contributed by atoms with Crippen molar-refractivity contribution in [3.05, 3.63) is 29.2 Å². The van der Waals surface area contributed by atoms with Crippen molar-refractivity contribution in [3.8, 4) is 5.75 Å². The van der Waals surface area contributed by atoms with Crippen LogP contribution in [0.2, 0.25) is 0 Å². The van der Waals surface area contributed by atoms with Crippen LogP contribution in [0.5, 0.6) is 5.75 Å². The molecule has 5 N–H and O–H groups in total. The average molecular weight is 448 g/mol. The number of hydrazine groups is 1. The number of likely N-dealkylation sites (N-methyl/N-ethyl adjacent to an activating group) is 1. The molecule has 0 saturated heterocycles. The molecule has 0 aliphatic heterocycles. The van der Waals surface area contributed by atoms with Crippen molar-refractivity contribution in [2.24, 2.45) is 17.5 Å². The van der Waals surface area contributed by atoms with Crippen molar-refractivity contribution >= 4 is 11.8 Å². The van der Waals surface area contributed by atoms with Gasteiger partial charge in [0, 0.05) is 13.6 Å². The molecule has 1 saturated carbocycles. The molecule has 1 unspecified atom stereocenters. The fraction of sp³-hybridized carbons (Fsp3) is 0.667. The molecule has 1 aromatic heterocycles. The van der Waals surface area contributed by atoms with E-state index in [0.29, 0.717) is 29.6 Å². The van der Waals surface area contributed by atoms with Gasteiger partial charge in [-0.15, -0.1) is 0 Å². The zero-order chi connectivity index (χ0) is 23.5. The Labute approximate surface area is 192 Å². The van der Waals surface area contributed by atoms with E-state index >= 15 is 0 Å².